The van der Waals surface area contributed by atoms with Gasteiger partial charge in [-0.1, -0.05) is 6.92 Å². The Balaban J connectivity index is 2.37. The van der Waals surface area contributed by atoms with Crippen molar-refractivity contribution in [1.82, 2.24) is 9.55 Å². The number of sulfone groups is 1. The lowest BCUT2D eigenvalue weighted by Gasteiger charge is -2.24. The number of aromatic nitrogens is 2. The van der Waals surface area contributed by atoms with Crippen molar-refractivity contribution in [2.24, 2.45) is 0 Å². The van der Waals surface area contributed by atoms with E-state index in [9.17, 15) is 8.42 Å². The van der Waals surface area contributed by atoms with Crippen molar-refractivity contribution < 1.29 is 8.42 Å². The Morgan fingerprint density at radius 2 is 2.38 bits per heavy atom. The van der Waals surface area contributed by atoms with Gasteiger partial charge in [0.1, 0.15) is 0 Å². The summed E-state index contributed by atoms with van der Waals surface area (Å²) < 4.78 is 25.8. The Kier molecular flexibility index (Phi) is 3.21. The number of nitrogens with zero attached hydrogens (tertiary/aromatic N) is 1. The Bertz CT molecular complexity index is 527. The molecule has 0 spiro atoms. The molecule has 90 valence electrons. The zero-order chi connectivity index (χ0) is 11.8. The van der Waals surface area contributed by atoms with Crippen LogP contribution in [0.1, 0.15) is 31.5 Å². The molecule has 1 saturated heterocycles. The molecule has 0 saturated carbocycles. The molecule has 0 amide bonds. The maximum Gasteiger partial charge on any atom is 0.177 e. The van der Waals surface area contributed by atoms with E-state index in [1.54, 1.807) is 0 Å². The van der Waals surface area contributed by atoms with Crippen LogP contribution in [0.15, 0.2) is 6.20 Å². The molecule has 1 atom stereocenters. The number of nitrogens with one attached hydrogen (secondary N) is 1. The minimum atomic E-state index is -2.88. The molecule has 1 aromatic rings. The monoisotopic (exact) mass is 260 g/mol. The summed E-state index contributed by atoms with van der Waals surface area (Å²) in [4.78, 5) is 3.00. The van der Waals surface area contributed by atoms with Crippen LogP contribution in [-0.4, -0.2) is 29.5 Å². The van der Waals surface area contributed by atoms with Gasteiger partial charge in [-0.25, -0.2) is 8.42 Å². The van der Waals surface area contributed by atoms with Crippen LogP contribution in [0.3, 0.4) is 0 Å². The SMILES string of the molecule is CCc1c[nH]c(=S)n1C1CCCS(=O)(=O)C1. The first-order valence-electron chi connectivity index (χ1n) is 5.52. The van der Waals surface area contributed by atoms with Gasteiger partial charge in [0.25, 0.3) is 0 Å². The van der Waals surface area contributed by atoms with E-state index in [0.29, 0.717) is 10.5 Å². The smallest absolute Gasteiger partial charge is 0.177 e. The molecule has 1 fully saturated rings. The third-order valence-electron chi connectivity index (χ3n) is 3.06. The van der Waals surface area contributed by atoms with Crippen molar-refractivity contribution in [3.05, 3.63) is 16.7 Å². The second-order valence-electron chi connectivity index (χ2n) is 4.22. The molecule has 16 heavy (non-hydrogen) atoms. The summed E-state index contributed by atoms with van der Waals surface area (Å²) in [5, 5.41) is 0. The lowest BCUT2D eigenvalue weighted by atomic mass is 10.1. The van der Waals surface area contributed by atoms with Gasteiger partial charge in [0.05, 0.1) is 17.5 Å². The highest BCUT2D eigenvalue weighted by molar-refractivity contribution is 7.91. The molecule has 0 aliphatic carbocycles. The Labute approximate surface area is 101 Å². The normalized spacial score (nSPS) is 24.4. The molecule has 1 N–H and O–H groups in total. The number of hydrogen-bond donors (Lipinski definition) is 1. The van der Waals surface area contributed by atoms with Crippen LogP contribution in [0, 0.1) is 4.77 Å². The first-order chi connectivity index (χ1) is 7.53. The number of aromatic amines is 1. The molecule has 1 aliphatic heterocycles. The average molecular weight is 260 g/mol. The molecule has 1 aromatic heterocycles. The van der Waals surface area contributed by atoms with E-state index in [1.165, 1.54) is 0 Å². The zero-order valence-corrected chi connectivity index (χ0v) is 10.9. The molecule has 2 rings (SSSR count). The van der Waals surface area contributed by atoms with Gasteiger partial charge in [-0.15, -0.1) is 0 Å². The molecule has 0 radical (unpaired) electrons. The highest BCUT2D eigenvalue weighted by Gasteiger charge is 2.27. The lowest BCUT2D eigenvalue weighted by molar-refractivity contribution is 0.457. The predicted molar refractivity (Wildman–Crippen MR) is 65.9 cm³/mol. The third-order valence-corrected chi connectivity index (χ3v) is 5.17. The van der Waals surface area contributed by atoms with Crippen molar-refractivity contribution in [2.45, 2.75) is 32.2 Å². The topological polar surface area (TPSA) is 54.9 Å². The van der Waals surface area contributed by atoms with Gasteiger partial charge in [0.2, 0.25) is 0 Å². The average Bonchev–Trinajstić information content (AvgIpc) is 2.58. The summed E-state index contributed by atoms with van der Waals surface area (Å²) in [7, 11) is -2.88. The molecular formula is C10H16N2O2S2. The maximum atomic E-state index is 11.6. The van der Waals surface area contributed by atoms with Crippen LogP contribution in [0.4, 0.5) is 0 Å². The van der Waals surface area contributed by atoms with Crippen LogP contribution in [0.5, 0.6) is 0 Å². The zero-order valence-electron chi connectivity index (χ0n) is 9.27. The van der Waals surface area contributed by atoms with Gasteiger partial charge in [0, 0.05) is 11.9 Å². The molecule has 4 nitrogen and oxygen atoms in total. The highest BCUT2D eigenvalue weighted by Crippen LogP contribution is 2.25. The molecular weight excluding hydrogens is 244 g/mol. The summed E-state index contributed by atoms with van der Waals surface area (Å²) in [6.07, 6.45) is 4.38. The summed E-state index contributed by atoms with van der Waals surface area (Å²) in [5.41, 5.74) is 1.09. The summed E-state index contributed by atoms with van der Waals surface area (Å²) >= 11 is 5.21. The summed E-state index contributed by atoms with van der Waals surface area (Å²) in [5.74, 6) is 0.550. The molecule has 1 aliphatic rings. The van der Waals surface area contributed by atoms with Crippen LogP contribution in [-0.2, 0) is 16.3 Å². The van der Waals surface area contributed by atoms with E-state index in [2.05, 4.69) is 4.98 Å². The van der Waals surface area contributed by atoms with E-state index in [4.69, 9.17) is 12.2 Å². The number of imidazole rings is 1. The first kappa shape index (κ1) is 11.9. The van der Waals surface area contributed by atoms with Crippen LogP contribution in [0.2, 0.25) is 0 Å². The lowest BCUT2D eigenvalue weighted by Crippen LogP contribution is -2.28. The minimum Gasteiger partial charge on any atom is -0.337 e. The molecule has 6 heteroatoms. The number of H-pyrrole nitrogens is 1. The fraction of sp³-hybridized carbons (Fsp3) is 0.700. The fourth-order valence-corrected chi connectivity index (χ4v) is 4.29. The Morgan fingerprint density at radius 3 is 3.00 bits per heavy atom. The van der Waals surface area contributed by atoms with Gasteiger partial charge in [0.15, 0.2) is 14.6 Å². The van der Waals surface area contributed by atoms with E-state index < -0.39 is 9.84 Å². The number of rotatable bonds is 2. The van der Waals surface area contributed by atoms with E-state index in [-0.39, 0.29) is 11.8 Å². The highest BCUT2D eigenvalue weighted by atomic mass is 32.2. The van der Waals surface area contributed by atoms with Crippen molar-refractivity contribution in [3.8, 4) is 0 Å². The van der Waals surface area contributed by atoms with Crippen LogP contribution < -0.4 is 0 Å². The molecule has 2 heterocycles. The first-order valence-corrected chi connectivity index (χ1v) is 7.75. The van der Waals surface area contributed by atoms with Crippen LogP contribution >= 0.6 is 12.2 Å². The van der Waals surface area contributed by atoms with Gasteiger partial charge in [-0.2, -0.15) is 0 Å². The van der Waals surface area contributed by atoms with Crippen molar-refractivity contribution in [1.29, 1.82) is 0 Å². The van der Waals surface area contributed by atoms with Crippen molar-refractivity contribution in [2.75, 3.05) is 11.5 Å². The fourth-order valence-electron chi connectivity index (χ4n) is 2.29. The van der Waals surface area contributed by atoms with Crippen molar-refractivity contribution >= 4 is 22.1 Å². The minimum absolute atomic E-state index is 0.0208. The number of hydrogen-bond acceptors (Lipinski definition) is 3. The van der Waals surface area contributed by atoms with Crippen LogP contribution in [0.25, 0.3) is 0 Å². The summed E-state index contributed by atoms with van der Waals surface area (Å²) in [6, 6.07) is 0.0208. The predicted octanol–water partition coefficient (Wildman–Crippen LogP) is 1.86. The number of aryl methyl sites for hydroxylation is 1. The van der Waals surface area contributed by atoms with Crippen molar-refractivity contribution in [3.63, 3.8) is 0 Å². The van der Waals surface area contributed by atoms with Gasteiger partial charge in [-0.05, 0) is 31.5 Å². The maximum absolute atomic E-state index is 11.6. The van der Waals surface area contributed by atoms with Gasteiger partial charge < -0.3 is 9.55 Å². The third kappa shape index (κ3) is 2.22. The quantitative estimate of drug-likeness (QED) is 0.826. The van der Waals surface area contributed by atoms with Gasteiger partial charge >= 0.3 is 0 Å². The second-order valence-corrected chi connectivity index (χ2v) is 6.83. The molecule has 1 unspecified atom stereocenters. The standard InChI is InChI=1S/C10H16N2O2S2/c1-2-8-6-11-10(15)12(8)9-4-3-5-16(13,14)7-9/h6,9H,2-5,7H2,1H3,(H,11,15). The van der Waals surface area contributed by atoms with E-state index in [1.807, 2.05) is 17.7 Å². The Hall–Kier alpha value is -0.620. The Morgan fingerprint density at radius 1 is 1.62 bits per heavy atom. The summed E-state index contributed by atoms with van der Waals surface area (Å²) in [6.45, 7) is 2.05. The van der Waals surface area contributed by atoms with E-state index >= 15 is 0 Å². The van der Waals surface area contributed by atoms with E-state index in [0.717, 1.165) is 25.0 Å². The largest absolute Gasteiger partial charge is 0.337 e. The van der Waals surface area contributed by atoms with Gasteiger partial charge in [-0.3, -0.25) is 0 Å². The molecule has 0 bridgehead atoms. The second kappa shape index (κ2) is 4.33. The molecule has 0 aromatic carbocycles.